The first-order valence-electron chi connectivity index (χ1n) is 9.43. The third kappa shape index (κ3) is 4.32. The van der Waals surface area contributed by atoms with E-state index in [0.717, 1.165) is 44.8 Å². The number of ether oxygens (including phenoxy) is 1. The van der Waals surface area contributed by atoms with Gasteiger partial charge < -0.3 is 15.0 Å². The number of aromatic nitrogens is 2. The van der Waals surface area contributed by atoms with Crippen molar-refractivity contribution in [3.8, 4) is 17.1 Å². The molecule has 1 amide bonds. The molecule has 0 saturated heterocycles. The van der Waals surface area contributed by atoms with E-state index in [2.05, 4.69) is 38.1 Å². The zero-order valence-corrected chi connectivity index (χ0v) is 17.5. The minimum absolute atomic E-state index is 0.177. The van der Waals surface area contributed by atoms with E-state index in [1.807, 2.05) is 48.5 Å². The second-order valence-electron chi connectivity index (χ2n) is 6.63. The molecule has 6 heteroatoms. The van der Waals surface area contributed by atoms with Gasteiger partial charge in [-0.25, -0.2) is 4.98 Å². The fraction of sp³-hybridized carbons (Fsp3) is 0.130. The molecule has 2 N–H and O–H groups in total. The number of fused-ring (bicyclic) bond motifs is 1. The van der Waals surface area contributed by atoms with Crippen molar-refractivity contribution in [3.63, 3.8) is 0 Å². The quantitative estimate of drug-likeness (QED) is 0.377. The smallest absolute Gasteiger partial charge is 0.255 e. The van der Waals surface area contributed by atoms with Crippen molar-refractivity contribution in [2.45, 2.75) is 13.3 Å². The Hall–Kier alpha value is -3.12. The molecule has 0 aliphatic heterocycles. The minimum Gasteiger partial charge on any atom is -0.492 e. The van der Waals surface area contributed by atoms with Gasteiger partial charge in [-0.2, -0.15) is 0 Å². The summed E-state index contributed by atoms with van der Waals surface area (Å²) in [6, 6.07) is 20.8. The van der Waals surface area contributed by atoms with Crippen LogP contribution in [0.5, 0.6) is 5.75 Å². The number of amides is 1. The van der Waals surface area contributed by atoms with Gasteiger partial charge in [0.1, 0.15) is 11.6 Å². The summed E-state index contributed by atoms with van der Waals surface area (Å²) < 4.78 is 6.39. The molecule has 1 heterocycles. The number of rotatable bonds is 6. The standard InChI is InChI=1S/C23H20BrN3O2/c1-2-13-29-21-12-9-16(14-18(21)24)23(28)25-17-10-7-15(8-11-17)22-26-19-5-3-4-6-20(19)27-22/h3-12,14H,2,13H2,1H3,(H,25,28)(H,26,27). The molecule has 4 rings (SSSR count). The first-order valence-corrected chi connectivity index (χ1v) is 10.2. The Morgan fingerprint density at radius 2 is 1.90 bits per heavy atom. The third-order valence-corrected chi connectivity index (χ3v) is 5.08. The maximum absolute atomic E-state index is 12.6. The number of H-pyrrole nitrogens is 1. The van der Waals surface area contributed by atoms with Crippen molar-refractivity contribution >= 4 is 38.6 Å². The average Bonchev–Trinajstić information content (AvgIpc) is 3.17. The van der Waals surface area contributed by atoms with Crippen LogP contribution in [-0.2, 0) is 0 Å². The largest absolute Gasteiger partial charge is 0.492 e. The zero-order chi connectivity index (χ0) is 20.2. The van der Waals surface area contributed by atoms with Crippen molar-refractivity contribution in [1.29, 1.82) is 0 Å². The number of nitrogens with one attached hydrogen (secondary N) is 2. The van der Waals surface area contributed by atoms with Crippen molar-refractivity contribution in [2.75, 3.05) is 11.9 Å². The van der Waals surface area contributed by atoms with Crippen LogP contribution in [0.4, 0.5) is 5.69 Å². The van der Waals surface area contributed by atoms with Crippen LogP contribution in [0.15, 0.2) is 71.2 Å². The lowest BCUT2D eigenvalue weighted by Crippen LogP contribution is -2.12. The van der Waals surface area contributed by atoms with Gasteiger partial charge in [0.05, 0.1) is 22.1 Å². The number of hydrogen-bond donors (Lipinski definition) is 2. The van der Waals surface area contributed by atoms with Crippen LogP contribution in [0.2, 0.25) is 0 Å². The number of para-hydroxylation sites is 2. The van der Waals surface area contributed by atoms with Crippen LogP contribution in [-0.4, -0.2) is 22.5 Å². The van der Waals surface area contributed by atoms with E-state index in [1.165, 1.54) is 0 Å². The van der Waals surface area contributed by atoms with E-state index in [4.69, 9.17) is 4.74 Å². The van der Waals surface area contributed by atoms with Gasteiger partial charge in [0.25, 0.3) is 5.91 Å². The molecule has 0 radical (unpaired) electrons. The Morgan fingerprint density at radius 1 is 1.10 bits per heavy atom. The van der Waals surface area contributed by atoms with E-state index in [9.17, 15) is 4.79 Å². The van der Waals surface area contributed by atoms with Gasteiger partial charge in [-0.1, -0.05) is 19.1 Å². The Balaban J connectivity index is 1.47. The van der Waals surface area contributed by atoms with Gasteiger partial charge in [-0.05, 0) is 76.9 Å². The monoisotopic (exact) mass is 449 g/mol. The SMILES string of the molecule is CCCOc1ccc(C(=O)Nc2ccc(-c3nc4ccccc4[nH]3)cc2)cc1Br. The van der Waals surface area contributed by atoms with Crippen molar-refractivity contribution < 1.29 is 9.53 Å². The highest BCUT2D eigenvalue weighted by Crippen LogP contribution is 2.27. The number of halogens is 1. The predicted octanol–water partition coefficient (Wildman–Crippen LogP) is 6.03. The molecule has 4 aromatic rings. The molecule has 0 fully saturated rings. The van der Waals surface area contributed by atoms with E-state index in [1.54, 1.807) is 18.2 Å². The van der Waals surface area contributed by atoms with Gasteiger partial charge in [0.15, 0.2) is 0 Å². The molecular formula is C23H20BrN3O2. The third-order valence-electron chi connectivity index (χ3n) is 4.46. The molecule has 0 spiro atoms. The topological polar surface area (TPSA) is 67.0 Å². The van der Waals surface area contributed by atoms with E-state index < -0.39 is 0 Å². The van der Waals surface area contributed by atoms with Crippen LogP contribution in [0.1, 0.15) is 23.7 Å². The highest BCUT2D eigenvalue weighted by atomic mass is 79.9. The molecule has 3 aromatic carbocycles. The summed E-state index contributed by atoms with van der Waals surface area (Å²) in [6.45, 7) is 2.69. The molecule has 0 saturated carbocycles. The summed E-state index contributed by atoms with van der Waals surface area (Å²) in [5.41, 5.74) is 4.16. The Morgan fingerprint density at radius 3 is 2.62 bits per heavy atom. The lowest BCUT2D eigenvalue weighted by atomic mass is 10.1. The molecule has 0 atom stereocenters. The minimum atomic E-state index is -0.177. The van der Waals surface area contributed by atoms with Gasteiger partial charge in [0, 0.05) is 16.8 Å². The van der Waals surface area contributed by atoms with Gasteiger partial charge in [-0.3, -0.25) is 4.79 Å². The molecular weight excluding hydrogens is 430 g/mol. The number of anilines is 1. The summed E-state index contributed by atoms with van der Waals surface area (Å²) in [4.78, 5) is 20.5. The highest BCUT2D eigenvalue weighted by molar-refractivity contribution is 9.10. The first-order chi connectivity index (χ1) is 14.1. The number of carbonyl (C=O) groups is 1. The number of benzene rings is 3. The van der Waals surface area contributed by atoms with Crippen molar-refractivity contribution in [3.05, 3.63) is 76.8 Å². The first kappa shape index (κ1) is 19.2. The molecule has 29 heavy (non-hydrogen) atoms. The van der Waals surface area contributed by atoms with Crippen molar-refractivity contribution in [1.82, 2.24) is 9.97 Å². The Labute approximate surface area is 177 Å². The summed E-state index contributed by atoms with van der Waals surface area (Å²) in [5, 5.41) is 2.92. The van der Waals surface area contributed by atoms with E-state index in [-0.39, 0.29) is 5.91 Å². The lowest BCUT2D eigenvalue weighted by Gasteiger charge is -2.10. The van der Waals surface area contributed by atoms with Gasteiger partial charge in [-0.15, -0.1) is 0 Å². The predicted molar refractivity (Wildman–Crippen MR) is 119 cm³/mol. The molecule has 0 aliphatic rings. The number of aromatic amines is 1. The molecule has 0 unspecified atom stereocenters. The summed E-state index contributed by atoms with van der Waals surface area (Å²) in [5.74, 6) is 1.36. The molecule has 1 aromatic heterocycles. The van der Waals surface area contributed by atoms with E-state index >= 15 is 0 Å². The maximum atomic E-state index is 12.6. The van der Waals surface area contributed by atoms with Crippen LogP contribution in [0.3, 0.4) is 0 Å². The number of nitrogens with zero attached hydrogens (tertiary/aromatic N) is 1. The maximum Gasteiger partial charge on any atom is 0.255 e. The van der Waals surface area contributed by atoms with Gasteiger partial charge >= 0.3 is 0 Å². The fourth-order valence-electron chi connectivity index (χ4n) is 2.98. The van der Waals surface area contributed by atoms with E-state index in [0.29, 0.717) is 12.2 Å². The normalized spacial score (nSPS) is 10.8. The number of carbonyl (C=O) groups excluding carboxylic acids is 1. The molecule has 146 valence electrons. The summed E-state index contributed by atoms with van der Waals surface area (Å²) >= 11 is 3.47. The van der Waals surface area contributed by atoms with Crippen LogP contribution in [0, 0.1) is 0 Å². The number of hydrogen-bond acceptors (Lipinski definition) is 3. The van der Waals surface area contributed by atoms with Crippen LogP contribution in [0.25, 0.3) is 22.4 Å². The molecule has 0 aliphatic carbocycles. The van der Waals surface area contributed by atoms with Crippen LogP contribution < -0.4 is 10.1 Å². The van der Waals surface area contributed by atoms with Gasteiger partial charge in [0.2, 0.25) is 0 Å². The van der Waals surface area contributed by atoms with Crippen LogP contribution >= 0.6 is 15.9 Å². The Kier molecular flexibility index (Phi) is 5.62. The zero-order valence-electron chi connectivity index (χ0n) is 15.9. The molecule has 0 bridgehead atoms. The Bertz CT molecular complexity index is 1120. The second-order valence-corrected chi connectivity index (χ2v) is 7.48. The highest BCUT2D eigenvalue weighted by Gasteiger charge is 2.10. The molecule has 5 nitrogen and oxygen atoms in total. The average molecular weight is 450 g/mol. The summed E-state index contributed by atoms with van der Waals surface area (Å²) in [7, 11) is 0. The number of imidazole rings is 1. The second kappa shape index (κ2) is 8.49. The fourth-order valence-corrected chi connectivity index (χ4v) is 3.47. The summed E-state index contributed by atoms with van der Waals surface area (Å²) in [6.07, 6.45) is 0.929. The lowest BCUT2D eigenvalue weighted by molar-refractivity contribution is 0.102. The van der Waals surface area contributed by atoms with Crippen molar-refractivity contribution in [2.24, 2.45) is 0 Å².